The van der Waals surface area contributed by atoms with Crippen LogP contribution in [0.2, 0.25) is 0 Å². The molecule has 0 aromatic heterocycles. The first kappa shape index (κ1) is 11.8. The van der Waals surface area contributed by atoms with Crippen LogP contribution in [0.25, 0.3) is 0 Å². The van der Waals surface area contributed by atoms with E-state index in [0.717, 1.165) is 21.3 Å². The Hall–Kier alpha value is -1.32. The zero-order valence-corrected chi connectivity index (χ0v) is 11.3. The standard InChI is InChI=1S/C15H13BrO2/c16-11-7-5-10(6-8-11)15(17)13-9-18-14-4-2-1-3-12(13)14/h1-8,13,15,17H,9H2. The fourth-order valence-corrected chi connectivity index (χ4v) is 2.61. The van der Waals surface area contributed by atoms with E-state index in [2.05, 4.69) is 15.9 Å². The Bertz CT molecular complexity index is 551. The molecule has 0 spiro atoms. The fraction of sp³-hybridized carbons (Fsp3) is 0.200. The summed E-state index contributed by atoms with van der Waals surface area (Å²) in [5, 5.41) is 10.5. The second-order valence-corrected chi connectivity index (χ2v) is 5.37. The maximum Gasteiger partial charge on any atom is 0.123 e. The van der Waals surface area contributed by atoms with Crippen LogP contribution in [0.5, 0.6) is 5.75 Å². The molecule has 0 bridgehead atoms. The lowest BCUT2D eigenvalue weighted by Gasteiger charge is -2.17. The number of hydrogen-bond donors (Lipinski definition) is 1. The number of rotatable bonds is 2. The number of benzene rings is 2. The maximum absolute atomic E-state index is 10.5. The van der Waals surface area contributed by atoms with Gasteiger partial charge >= 0.3 is 0 Å². The van der Waals surface area contributed by atoms with Crippen molar-refractivity contribution in [2.24, 2.45) is 0 Å². The van der Waals surface area contributed by atoms with Crippen LogP contribution in [0.15, 0.2) is 53.0 Å². The quantitative estimate of drug-likeness (QED) is 0.917. The van der Waals surface area contributed by atoms with Gasteiger partial charge in [-0.25, -0.2) is 0 Å². The van der Waals surface area contributed by atoms with Crippen molar-refractivity contribution in [1.82, 2.24) is 0 Å². The number of hydrogen-bond acceptors (Lipinski definition) is 2. The van der Waals surface area contributed by atoms with Crippen LogP contribution in [-0.2, 0) is 0 Å². The van der Waals surface area contributed by atoms with E-state index < -0.39 is 6.10 Å². The Morgan fingerprint density at radius 2 is 1.83 bits per heavy atom. The van der Waals surface area contributed by atoms with Crippen molar-refractivity contribution in [3.8, 4) is 5.75 Å². The maximum atomic E-state index is 10.5. The van der Waals surface area contributed by atoms with Gasteiger partial charge in [-0.05, 0) is 23.8 Å². The summed E-state index contributed by atoms with van der Waals surface area (Å²) < 4.78 is 6.62. The van der Waals surface area contributed by atoms with E-state index in [0.29, 0.717) is 6.61 Å². The summed E-state index contributed by atoms with van der Waals surface area (Å²) in [6, 6.07) is 15.7. The first-order chi connectivity index (χ1) is 8.75. The van der Waals surface area contributed by atoms with Crippen molar-refractivity contribution in [3.63, 3.8) is 0 Å². The van der Waals surface area contributed by atoms with E-state index in [-0.39, 0.29) is 5.92 Å². The molecule has 92 valence electrons. The third-order valence-electron chi connectivity index (χ3n) is 3.33. The number of aliphatic hydroxyl groups excluding tert-OH is 1. The van der Waals surface area contributed by atoms with Gasteiger partial charge in [0.2, 0.25) is 0 Å². The van der Waals surface area contributed by atoms with Crippen LogP contribution in [0.4, 0.5) is 0 Å². The Morgan fingerprint density at radius 3 is 2.61 bits per heavy atom. The summed E-state index contributed by atoms with van der Waals surface area (Å²) >= 11 is 3.40. The second-order valence-electron chi connectivity index (χ2n) is 4.45. The van der Waals surface area contributed by atoms with Crippen LogP contribution >= 0.6 is 15.9 Å². The molecule has 0 amide bonds. The molecule has 0 radical (unpaired) electrons. The van der Waals surface area contributed by atoms with Gasteiger partial charge in [-0.1, -0.05) is 46.3 Å². The molecule has 2 atom stereocenters. The zero-order valence-electron chi connectivity index (χ0n) is 9.71. The summed E-state index contributed by atoms with van der Waals surface area (Å²) in [6.07, 6.45) is -0.526. The summed E-state index contributed by atoms with van der Waals surface area (Å²) in [7, 11) is 0. The van der Waals surface area contributed by atoms with Gasteiger partial charge < -0.3 is 9.84 Å². The molecule has 1 aliphatic rings. The number of aliphatic hydroxyl groups is 1. The molecule has 3 rings (SSSR count). The van der Waals surface area contributed by atoms with Gasteiger partial charge in [-0.2, -0.15) is 0 Å². The Morgan fingerprint density at radius 1 is 1.11 bits per heavy atom. The third-order valence-corrected chi connectivity index (χ3v) is 3.86. The molecule has 1 aliphatic heterocycles. The van der Waals surface area contributed by atoms with Gasteiger partial charge in [-0.3, -0.25) is 0 Å². The summed E-state index contributed by atoms with van der Waals surface area (Å²) in [6.45, 7) is 0.538. The number of fused-ring (bicyclic) bond motifs is 1. The van der Waals surface area contributed by atoms with Crippen LogP contribution in [0, 0.1) is 0 Å². The molecule has 0 saturated heterocycles. The Kier molecular flexibility index (Phi) is 3.10. The third kappa shape index (κ3) is 2.04. The number of ether oxygens (including phenoxy) is 1. The molecular weight excluding hydrogens is 292 g/mol. The first-order valence-electron chi connectivity index (χ1n) is 5.91. The van der Waals surface area contributed by atoms with E-state index in [9.17, 15) is 5.11 Å². The highest BCUT2D eigenvalue weighted by Crippen LogP contribution is 2.41. The minimum atomic E-state index is -0.526. The molecule has 2 nitrogen and oxygen atoms in total. The van der Waals surface area contributed by atoms with Crippen molar-refractivity contribution in [1.29, 1.82) is 0 Å². The molecule has 2 aromatic rings. The van der Waals surface area contributed by atoms with E-state index in [1.807, 2.05) is 48.5 Å². The van der Waals surface area contributed by atoms with Gasteiger partial charge in [0.25, 0.3) is 0 Å². The molecule has 2 unspecified atom stereocenters. The van der Waals surface area contributed by atoms with Crippen LogP contribution in [0.1, 0.15) is 23.1 Å². The number of halogens is 1. The molecular formula is C15H13BrO2. The second kappa shape index (κ2) is 4.75. The number of para-hydroxylation sites is 1. The normalized spacial score (nSPS) is 19.1. The first-order valence-corrected chi connectivity index (χ1v) is 6.70. The Balaban J connectivity index is 1.90. The lowest BCUT2D eigenvalue weighted by atomic mass is 9.91. The van der Waals surface area contributed by atoms with Crippen LogP contribution < -0.4 is 4.74 Å². The van der Waals surface area contributed by atoms with E-state index in [1.165, 1.54) is 0 Å². The largest absolute Gasteiger partial charge is 0.493 e. The van der Waals surface area contributed by atoms with E-state index >= 15 is 0 Å². The van der Waals surface area contributed by atoms with Crippen molar-refractivity contribution >= 4 is 15.9 Å². The molecule has 0 aliphatic carbocycles. The summed E-state index contributed by atoms with van der Waals surface area (Å²) in [4.78, 5) is 0. The highest BCUT2D eigenvalue weighted by atomic mass is 79.9. The highest BCUT2D eigenvalue weighted by molar-refractivity contribution is 9.10. The fourth-order valence-electron chi connectivity index (χ4n) is 2.34. The average molecular weight is 305 g/mol. The van der Waals surface area contributed by atoms with Crippen LogP contribution in [0.3, 0.4) is 0 Å². The van der Waals surface area contributed by atoms with Crippen molar-refractivity contribution in [2.45, 2.75) is 12.0 Å². The summed E-state index contributed by atoms with van der Waals surface area (Å²) in [5.74, 6) is 0.904. The highest BCUT2D eigenvalue weighted by Gasteiger charge is 2.30. The predicted octanol–water partition coefficient (Wildman–Crippen LogP) is 3.66. The lowest BCUT2D eigenvalue weighted by Crippen LogP contribution is -2.12. The smallest absolute Gasteiger partial charge is 0.123 e. The molecule has 3 heteroatoms. The van der Waals surface area contributed by atoms with Gasteiger partial charge in [0.1, 0.15) is 5.75 Å². The molecule has 18 heavy (non-hydrogen) atoms. The minimum Gasteiger partial charge on any atom is -0.493 e. The van der Waals surface area contributed by atoms with E-state index in [4.69, 9.17) is 4.74 Å². The average Bonchev–Trinajstić information content (AvgIpc) is 2.82. The van der Waals surface area contributed by atoms with Crippen molar-refractivity contribution < 1.29 is 9.84 Å². The van der Waals surface area contributed by atoms with Gasteiger partial charge in [0.15, 0.2) is 0 Å². The molecule has 0 saturated carbocycles. The van der Waals surface area contributed by atoms with Crippen molar-refractivity contribution in [2.75, 3.05) is 6.61 Å². The minimum absolute atomic E-state index is 0.0161. The predicted molar refractivity (Wildman–Crippen MR) is 73.8 cm³/mol. The van der Waals surface area contributed by atoms with Crippen molar-refractivity contribution in [3.05, 3.63) is 64.1 Å². The lowest BCUT2D eigenvalue weighted by molar-refractivity contribution is 0.130. The van der Waals surface area contributed by atoms with Crippen LogP contribution in [-0.4, -0.2) is 11.7 Å². The Labute approximate surface area is 114 Å². The zero-order chi connectivity index (χ0) is 12.5. The van der Waals surface area contributed by atoms with Gasteiger partial charge in [0.05, 0.1) is 18.6 Å². The monoisotopic (exact) mass is 304 g/mol. The molecule has 1 heterocycles. The SMILES string of the molecule is OC(c1ccc(Br)cc1)C1COc2ccccc21. The molecule has 2 aromatic carbocycles. The van der Waals surface area contributed by atoms with Gasteiger partial charge in [0, 0.05) is 10.0 Å². The summed E-state index contributed by atoms with van der Waals surface area (Å²) in [5.41, 5.74) is 2.01. The molecule has 0 fully saturated rings. The molecule has 1 N–H and O–H groups in total. The van der Waals surface area contributed by atoms with E-state index in [1.54, 1.807) is 0 Å². The van der Waals surface area contributed by atoms with Gasteiger partial charge in [-0.15, -0.1) is 0 Å². The topological polar surface area (TPSA) is 29.5 Å².